The summed E-state index contributed by atoms with van der Waals surface area (Å²) in [6, 6.07) is 2.15. The van der Waals surface area contributed by atoms with Gasteiger partial charge in [0.05, 0.1) is 17.9 Å². The van der Waals surface area contributed by atoms with Gasteiger partial charge in [-0.2, -0.15) is 0 Å². The number of hydrogen-bond acceptors (Lipinski definition) is 6. The zero-order valence-corrected chi connectivity index (χ0v) is 20.6. The molecule has 0 radical (unpaired) electrons. The molecule has 0 bridgehead atoms. The molecule has 1 unspecified atom stereocenters. The largest absolute Gasteiger partial charge is 0.378 e. The molecule has 7 nitrogen and oxygen atoms in total. The average molecular weight is 477 g/mol. The molecule has 4 heterocycles. The highest BCUT2D eigenvalue weighted by atomic mass is 19.1. The minimum Gasteiger partial charge on any atom is -0.378 e. The summed E-state index contributed by atoms with van der Waals surface area (Å²) in [6.07, 6.45) is 8.89. The van der Waals surface area contributed by atoms with Gasteiger partial charge in [0.1, 0.15) is 17.0 Å². The van der Waals surface area contributed by atoms with Gasteiger partial charge in [0.15, 0.2) is 5.82 Å². The third-order valence-electron chi connectivity index (χ3n) is 7.13. The SMILES string of the molecule is CC(C)CN1CCC(n2cc(-c3nc(N)ncc3F)c3cc(C#CC(C)(O)C4CC4)ncc32)CC1. The fourth-order valence-electron chi connectivity index (χ4n) is 5.11. The summed E-state index contributed by atoms with van der Waals surface area (Å²) in [5, 5.41) is 11.4. The third kappa shape index (κ3) is 5.02. The zero-order valence-electron chi connectivity index (χ0n) is 20.6. The Bertz CT molecular complexity index is 1290. The van der Waals surface area contributed by atoms with E-state index in [1.807, 2.05) is 12.3 Å². The molecular weight excluding hydrogens is 443 g/mol. The van der Waals surface area contributed by atoms with E-state index in [0.29, 0.717) is 17.2 Å². The van der Waals surface area contributed by atoms with Crippen molar-refractivity contribution in [2.24, 2.45) is 11.8 Å². The summed E-state index contributed by atoms with van der Waals surface area (Å²) in [5.74, 6) is 6.38. The van der Waals surface area contributed by atoms with E-state index in [0.717, 1.165) is 62.4 Å². The van der Waals surface area contributed by atoms with E-state index in [2.05, 4.69) is 50.1 Å². The van der Waals surface area contributed by atoms with Crippen molar-refractivity contribution in [1.29, 1.82) is 0 Å². The topological polar surface area (TPSA) is 93.1 Å². The van der Waals surface area contributed by atoms with Crippen molar-refractivity contribution in [1.82, 2.24) is 24.4 Å². The Labute approximate surface area is 205 Å². The summed E-state index contributed by atoms with van der Waals surface area (Å²) in [5.41, 5.74) is 7.06. The first-order valence-electron chi connectivity index (χ1n) is 12.5. The van der Waals surface area contributed by atoms with Gasteiger partial charge in [0, 0.05) is 42.8 Å². The number of likely N-dealkylation sites (tertiary alicyclic amines) is 1. The molecule has 1 saturated carbocycles. The summed E-state index contributed by atoms with van der Waals surface area (Å²) < 4.78 is 17.0. The maximum absolute atomic E-state index is 14.8. The van der Waals surface area contributed by atoms with E-state index < -0.39 is 11.4 Å². The number of nitrogen functional groups attached to an aromatic ring is 1. The van der Waals surface area contributed by atoms with Gasteiger partial charge in [-0.1, -0.05) is 19.8 Å². The quantitative estimate of drug-likeness (QED) is 0.541. The van der Waals surface area contributed by atoms with Crippen LogP contribution in [0.4, 0.5) is 10.3 Å². The number of halogens is 1. The molecule has 184 valence electrons. The fourth-order valence-corrected chi connectivity index (χ4v) is 5.11. The third-order valence-corrected chi connectivity index (χ3v) is 7.13. The molecule has 8 heteroatoms. The van der Waals surface area contributed by atoms with E-state index in [-0.39, 0.29) is 23.6 Å². The fraction of sp³-hybridized carbons (Fsp3) is 0.519. The maximum Gasteiger partial charge on any atom is 0.220 e. The molecule has 35 heavy (non-hydrogen) atoms. The minimum atomic E-state index is -1.03. The molecule has 3 N–H and O–H groups in total. The Kier molecular flexibility index (Phi) is 6.24. The molecule has 1 atom stereocenters. The number of hydrogen-bond donors (Lipinski definition) is 2. The highest BCUT2D eigenvalue weighted by Crippen LogP contribution is 2.39. The monoisotopic (exact) mass is 476 g/mol. The second kappa shape index (κ2) is 9.21. The second-order valence-corrected chi connectivity index (χ2v) is 10.6. The second-order valence-electron chi connectivity index (χ2n) is 10.6. The number of piperidine rings is 1. The summed E-state index contributed by atoms with van der Waals surface area (Å²) in [6.45, 7) is 9.40. The first kappa shape index (κ1) is 23.7. The molecule has 0 amide bonds. The summed E-state index contributed by atoms with van der Waals surface area (Å²) >= 11 is 0. The van der Waals surface area contributed by atoms with Crippen molar-refractivity contribution in [3.8, 4) is 23.1 Å². The first-order chi connectivity index (χ1) is 16.7. The number of fused-ring (bicyclic) bond motifs is 1. The number of nitrogens with zero attached hydrogens (tertiary/aromatic N) is 5. The number of aliphatic hydroxyl groups is 1. The van der Waals surface area contributed by atoms with Crippen LogP contribution in [0.3, 0.4) is 0 Å². The van der Waals surface area contributed by atoms with Gasteiger partial charge in [0.2, 0.25) is 5.95 Å². The number of nitrogens with two attached hydrogens (primary N) is 1. The molecule has 3 aromatic rings. The molecule has 1 aliphatic carbocycles. The number of pyridine rings is 1. The van der Waals surface area contributed by atoms with Crippen LogP contribution in [0.15, 0.2) is 24.7 Å². The molecule has 0 aromatic carbocycles. The van der Waals surface area contributed by atoms with Crippen molar-refractivity contribution in [2.75, 3.05) is 25.4 Å². The summed E-state index contributed by atoms with van der Waals surface area (Å²) in [7, 11) is 0. The van der Waals surface area contributed by atoms with E-state index in [1.165, 1.54) is 0 Å². The van der Waals surface area contributed by atoms with Gasteiger partial charge in [-0.25, -0.2) is 19.3 Å². The predicted molar refractivity (Wildman–Crippen MR) is 135 cm³/mol. The molecular formula is C27H33FN6O. The zero-order chi connectivity index (χ0) is 24.7. The molecule has 1 saturated heterocycles. The van der Waals surface area contributed by atoms with Crippen molar-refractivity contribution >= 4 is 16.9 Å². The van der Waals surface area contributed by atoms with Crippen LogP contribution in [0, 0.1) is 29.5 Å². The lowest BCUT2D eigenvalue weighted by atomic mass is 10.0. The maximum atomic E-state index is 14.8. The molecule has 5 rings (SSSR count). The van der Waals surface area contributed by atoms with Gasteiger partial charge in [0.25, 0.3) is 0 Å². The van der Waals surface area contributed by atoms with Crippen LogP contribution in [-0.4, -0.2) is 54.8 Å². The summed E-state index contributed by atoms with van der Waals surface area (Å²) in [4.78, 5) is 15.1. The highest BCUT2D eigenvalue weighted by molar-refractivity contribution is 5.95. The van der Waals surface area contributed by atoms with Crippen molar-refractivity contribution in [3.63, 3.8) is 0 Å². The number of anilines is 1. The Hall–Kier alpha value is -3.02. The predicted octanol–water partition coefficient (Wildman–Crippen LogP) is 4.02. The van der Waals surface area contributed by atoms with Crippen LogP contribution in [0.2, 0.25) is 0 Å². The Morgan fingerprint density at radius 3 is 2.63 bits per heavy atom. The van der Waals surface area contributed by atoms with Gasteiger partial charge in [-0.05, 0) is 56.4 Å². The van der Waals surface area contributed by atoms with Crippen LogP contribution in [0.5, 0.6) is 0 Å². The Balaban J connectivity index is 1.55. The number of aromatic nitrogens is 4. The van der Waals surface area contributed by atoms with Crippen LogP contribution in [-0.2, 0) is 0 Å². The van der Waals surface area contributed by atoms with E-state index in [4.69, 9.17) is 5.73 Å². The lowest BCUT2D eigenvalue weighted by Crippen LogP contribution is -2.36. The van der Waals surface area contributed by atoms with Crippen molar-refractivity contribution in [2.45, 2.75) is 58.1 Å². The minimum absolute atomic E-state index is 0.0267. The van der Waals surface area contributed by atoms with Crippen molar-refractivity contribution < 1.29 is 9.50 Å². The van der Waals surface area contributed by atoms with Gasteiger partial charge in [-0.3, -0.25) is 0 Å². The standard InChI is InChI=1S/C27H33FN6O/c1-17(2)15-33-10-7-20(8-11-33)34-16-22(25-23(28)13-31-26(29)32-25)21-12-19(30-14-24(21)34)6-9-27(3,35)18-4-5-18/h12-14,16-18,20,35H,4-5,7-8,10-11,15H2,1-3H3,(H2,29,31,32). The molecule has 3 aromatic heterocycles. The van der Waals surface area contributed by atoms with Crippen LogP contribution in [0.25, 0.3) is 22.2 Å². The van der Waals surface area contributed by atoms with E-state index >= 15 is 0 Å². The lowest BCUT2D eigenvalue weighted by Gasteiger charge is -2.34. The van der Waals surface area contributed by atoms with Gasteiger partial charge >= 0.3 is 0 Å². The lowest BCUT2D eigenvalue weighted by molar-refractivity contribution is 0.0980. The normalized spacial score (nSPS) is 19.0. The van der Waals surface area contributed by atoms with Gasteiger partial charge < -0.3 is 20.3 Å². The van der Waals surface area contributed by atoms with Crippen LogP contribution < -0.4 is 5.73 Å². The smallest absolute Gasteiger partial charge is 0.220 e. The molecule has 1 aliphatic heterocycles. The Morgan fingerprint density at radius 2 is 1.94 bits per heavy atom. The van der Waals surface area contributed by atoms with E-state index in [9.17, 15) is 9.50 Å². The molecule has 2 fully saturated rings. The van der Waals surface area contributed by atoms with Crippen LogP contribution in [0.1, 0.15) is 58.2 Å². The highest BCUT2D eigenvalue weighted by Gasteiger charge is 2.38. The average Bonchev–Trinajstić information content (AvgIpc) is 3.62. The molecule has 0 spiro atoms. The van der Waals surface area contributed by atoms with E-state index in [1.54, 1.807) is 13.1 Å². The van der Waals surface area contributed by atoms with Gasteiger partial charge in [-0.15, -0.1) is 0 Å². The first-order valence-corrected chi connectivity index (χ1v) is 12.5. The molecule has 2 aliphatic rings. The Morgan fingerprint density at radius 1 is 1.20 bits per heavy atom. The number of rotatable bonds is 5. The van der Waals surface area contributed by atoms with Crippen LogP contribution >= 0.6 is 0 Å². The van der Waals surface area contributed by atoms with Crippen molar-refractivity contribution in [3.05, 3.63) is 36.2 Å².